The Hall–Kier alpha value is -2.38. The number of aliphatic imine (C=N–C) groups is 1. The molecule has 0 radical (unpaired) electrons. The summed E-state index contributed by atoms with van der Waals surface area (Å²) in [6, 6.07) is 10.2. The van der Waals surface area contributed by atoms with Gasteiger partial charge in [0.1, 0.15) is 12.4 Å². The molecule has 1 atom stereocenters. The second kappa shape index (κ2) is 10.8. The number of ether oxygens (including phenoxy) is 2. The molecule has 1 fully saturated rings. The molecule has 1 aliphatic rings. The number of rotatable bonds is 9. The highest BCUT2D eigenvalue weighted by Crippen LogP contribution is 2.18. The molecule has 152 valence electrons. The molecule has 2 N–H and O–H groups in total. The quantitative estimate of drug-likeness (QED) is 0.394. The Morgan fingerprint density at radius 3 is 2.96 bits per heavy atom. The van der Waals surface area contributed by atoms with Crippen molar-refractivity contribution in [2.24, 2.45) is 10.9 Å². The average Bonchev–Trinajstić information content (AvgIpc) is 3.39. The Balaban J connectivity index is 1.55. The first-order valence-corrected chi connectivity index (χ1v) is 9.99. The van der Waals surface area contributed by atoms with E-state index in [9.17, 15) is 0 Å². The predicted molar refractivity (Wildman–Crippen MR) is 111 cm³/mol. The van der Waals surface area contributed by atoms with E-state index >= 15 is 0 Å². The van der Waals surface area contributed by atoms with Crippen molar-refractivity contribution in [1.82, 2.24) is 20.2 Å². The van der Waals surface area contributed by atoms with Gasteiger partial charge in [-0.3, -0.25) is 0 Å². The van der Waals surface area contributed by atoms with Crippen molar-refractivity contribution in [3.8, 4) is 11.3 Å². The average molecular weight is 386 g/mol. The van der Waals surface area contributed by atoms with Crippen molar-refractivity contribution in [1.29, 1.82) is 0 Å². The van der Waals surface area contributed by atoms with Gasteiger partial charge in [-0.15, -0.1) is 0 Å². The van der Waals surface area contributed by atoms with Crippen LogP contribution in [-0.4, -0.2) is 67.4 Å². The molecule has 0 saturated carbocycles. The van der Waals surface area contributed by atoms with Crippen LogP contribution in [-0.2, 0) is 16.0 Å². The van der Waals surface area contributed by atoms with Gasteiger partial charge in [0.15, 0.2) is 5.96 Å². The summed E-state index contributed by atoms with van der Waals surface area (Å²) in [7, 11) is 1.70. The van der Waals surface area contributed by atoms with Gasteiger partial charge in [0.2, 0.25) is 0 Å². The van der Waals surface area contributed by atoms with Crippen LogP contribution in [0.3, 0.4) is 0 Å². The second-order valence-corrected chi connectivity index (χ2v) is 6.95. The Bertz CT molecular complexity index is 731. The fraction of sp³-hybridized carbons (Fsp3) is 0.524. The van der Waals surface area contributed by atoms with Gasteiger partial charge < -0.3 is 24.7 Å². The lowest BCUT2D eigenvalue weighted by molar-refractivity contribution is 0.0536. The summed E-state index contributed by atoms with van der Waals surface area (Å²) >= 11 is 0. The third kappa shape index (κ3) is 5.81. The zero-order valence-corrected chi connectivity index (χ0v) is 16.9. The van der Waals surface area contributed by atoms with E-state index in [-0.39, 0.29) is 0 Å². The van der Waals surface area contributed by atoms with Crippen LogP contribution in [0.4, 0.5) is 0 Å². The number of guanidine groups is 1. The van der Waals surface area contributed by atoms with E-state index in [0.717, 1.165) is 55.7 Å². The van der Waals surface area contributed by atoms with E-state index in [1.165, 1.54) is 0 Å². The number of nitrogens with one attached hydrogen (secondary N) is 2. The third-order valence-corrected chi connectivity index (χ3v) is 4.80. The number of benzene rings is 1. The normalized spacial score (nSPS) is 17.3. The first kappa shape index (κ1) is 20.4. The summed E-state index contributed by atoms with van der Waals surface area (Å²) in [6.07, 6.45) is 2.99. The maximum Gasteiger partial charge on any atom is 0.194 e. The number of nitrogens with zero attached hydrogens (tertiary/aromatic N) is 3. The van der Waals surface area contributed by atoms with Gasteiger partial charge in [0.25, 0.3) is 0 Å². The Labute approximate surface area is 167 Å². The molecule has 0 amide bonds. The van der Waals surface area contributed by atoms with Crippen LogP contribution in [0.15, 0.2) is 41.5 Å². The predicted octanol–water partition coefficient (Wildman–Crippen LogP) is 2.53. The van der Waals surface area contributed by atoms with Crippen LogP contribution in [0.2, 0.25) is 0 Å². The summed E-state index contributed by atoms with van der Waals surface area (Å²) in [6.45, 7) is 7.51. The van der Waals surface area contributed by atoms with E-state index in [1.54, 1.807) is 7.11 Å². The minimum atomic E-state index is 0.528. The fourth-order valence-electron chi connectivity index (χ4n) is 3.34. The second-order valence-electron chi connectivity index (χ2n) is 6.95. The third-order valence-electron chi connectivity index (χ3n) is 4.80. The maximum absolute atomic E-state index is 5.69. The van der Waals surface area contributed by atoms with Gasteiger partial charge in [0.05, 0.1) is 31.7 Å². The van der Waals surface area contributed by atoms with Gasteiger partial charge in [0, 0.05) is 32.7 Å². The summed E-state index contributed by atoms with van der Waals surface area (Å²) in [5, 5.41) is 3.40. The Morgan fingerprint density at radius 2 is 2.18 bits per heavy atom. The zero-order valence-electron chi connectivity index (χ0n) is 16.9. The van der Waals surface area contributed by atoms with Gasteiger partial charge in [-0.05, 0) is 18.9 Å². The summed E-state index contributed by atoms with van der Waals surface area (Å²) in [5.41, 5.74) is 2.15. The minimum absolute atomic E-state index is 0.528. The number of hydrogen-bond acceptors (Lipinski definition) is 4. The van der Waals surface area contributed by atoms with Crippen LogP contribution in [0.5, 0.6) is 0 Å². The fourth-order valence-corrected chi connectivity index (χ4v) is 3.34. The van der Waals surface area contributed by atoms with Crippen molar-refractivity contribution < 1.29 is 9.47 Å². The van der Waals surface area contributed by atoms with E-state index in [4.69, 9.17) is 14.5 Å². The molecule has 1 aliphatic heterocycles. The van der Waals surface area contributed by atoms with E-state index in [2.05, 4.69) is 39.2 Å². The van der Waals surface area contributed by atoms with Gasteiger partial charge in [-0.2, -0.15) is 0 Å². The zero-order chi connectivity index (χ0) is 19.6. The molecule has 0 spiro atoms. The lowest BCUT2D eigenvalue weighted by Gasteiger charge is -2.21. The Kier molecular flexibility index (Phi) is 7.87. The van der Waals surface area contributed by atoms with Crippen LogP contribution >= 0.6 is 0 Å². The van der Waals surface area contributed by atoms with Crippen molar-refractivity contribution in [2.75, 3.05) is 46.6 Å². The van der Waals surface area contributed by atoms with Gasteiger partial charge in [-0.25, -0.2) is 9.98 Å². The van der Waals surface area contributed by atoms with Gasteiger partial charge in [-0.1, -0.05) is 30.3 Å². The summed E-state index contributed by atoms with van der Waals surface area (Å²) in [5.74, 6) is 2.35. The van der Waals surface area contributed by atoms with Crippen molar-refractivity contribution in [3.05, 3.63) is 42.4 Å². The van der Waals surface area contributed by atoms with Gasteiger partial charge >= 0.3 is 0 Å². The number of hydrogen-bond donors (Lipinski definition) is 2. The van der Waals surface area contributed by atoms with E-state index in [0.29, 0.717) is 25.7 Å². The molecule has 2 aromatic rings. The molecule has 7 nitrogen and oxygen atoms in total. The van der Waals surface area contributed by atoms with Crippen LogP contribution < -0.4 is 5.32 Å². The smallest absolute Gasteiger partial charge is 0.194 e. The highest BCUT2D eigenvalue weighted by atomic mass is 16.5. The summed E-state index contributed by atoms with van der Waals surface area (Å²) in [4.78, 5) is 15.0. The molecule has 7 heteroatoms. The lowest BCUT2D eigenvalue weighted by atomic mass is 10.1. The molecule has 1 aromatic carbocycles. The molecular formula is C21H31N5O2. The number of H-pyrrole nitrogens is 1. The van der Waals surface area contributed by atoms with Crippen LogP contribution in [0.1, 0.15) is 19.2 Å². The SMILES string of the molecule is CCNC(=NCc1ncc(-c2ccccc2)[nH]1)N1CCC(COCCOC)C1. The number of aromatic amines is 1. The Morgan fingerprint density at radius 1 is 1.32 bits per heavy atom. The molecule has 0 aliphatic carbocycles. The van der Waals surface area contributed by atoms with Crippen LogP contribution in [0.25, 0.3) is 11.3 Å². The number of likely N-dealkylation sites (tertiary alicyclic amines) is 1. The number of aromatic nitrogens is 2. The molecule has 28 heavy (non-hydrogen) atoms. The lowest BCUT2D eigenvalue weighted by Crippen LogP contribution is -2.40. The highest BCUT2D eigenvalue weighted by Gasteiger charge is 2.25. The molecule has 2 heterocycles. The molecule has 1 unspecified atom stereocenters. The van der Waals surface area contributed by atoms with Crippen molar-refractivity contribution in [3.63, 3.8) is 0 Å². The largest absolute Gasteiger partial charge is 0.382 e. The highest BCUT2D eigenvalue weighted by molar-refractivity contribution is 5.80. The van der Waals surface area contributed by atoms with Crippen molar-refractivity contribution >= 4 is 5.96 Å². The molecule has 1 aromatic heterocycles. The minimum Gasteiger partial charge on any atom is -0.382 e. The number of imidazole rings is 1. The molecule has 0 bridgehead atoms. The molecule has 3 rings (SSSR count). The number of methoxy groups -OCH3 is 1. The summed E-state index contributed by atoms with van der Waals surface area (Å²) < 4.78 is 10.7. The van der Waals surface area contributed by atoms with Crippen LogP contribution in [0, 0.1) is 5.92 Å². The first-order valence-electron chi connectivity index (χ1n) is 9.99. The standard InChI is InChI=1S/C21H31N5O2/c1-3-22-21(26-10-9-17(15-26)16-28-12-11-27-2)24-14-20-23-13-19(25-20)18-7-5-4-6-8-18/h4-8,13,17H,3,9-12,14-16H2,1-2H3,(H,22,24)(H,23,25). The topological polar surface area (TPSA) is 74.8 Å². The maximum atomic E-state index is 5.69. The molecule has 1 saturated heterocycles. The van der Waals surface area contributed by atoms with E-state index < -0.39 is 0 Å². The first-order chi connectivity index (χ1) is 13.8. The molecular weight excluding hydrogens is 354 g/mol. The van der Waals surface area contributed by atoms with Crippen molar-refractivity contribution in [2.45, 2.75) is 19.9 Å². The monoisotopic (exact) mass is 385 g/mol. The van der Waals surface area contributed by atoms with E-state index in [1.807, 2.05) is 24.4 Å².